The van der Waals surface area contributed by atoms with Crippen LogP contribution in [0.15, 0.2) is 102 Å². The molecular formula is C36H40ClN3O4S. The van der Waals surface area contributed by atoms with Gasteiger partial charge in [-0.3, -0.25) is 13.9 Å². The summed E-state index contributed by atoms with van der Waals surface area (Å²) in [5, 5.41) is 3.36. The molecule has 0 spiro atoms. The van der Waals surface area contributed by atoms with Crippen molar-refractivity contribution < 1.29 is 18.0 Å². The average Bonchev–Trinajstić information content (AvgIpc) is 3.03. The zero-order chi connectivity index (χ0) is 32.6. The van der Waals surface area contributed by atoms with Crippen LogP contribution in [0.25, 0.3) is 0 Å². The lowest BCUT2D eigenvalue weighted by atomic mass is 10.0. The summed E-state index contributed by atoms with van der Waals surface area (Å²) in [5.74, 6) is -0.793. The zero-order valence-corrected chi connectivity index (χ0v) is 27.7. The van der Waals surface area contributed by atoms with Crippen molar-refractivity contribution in [1.82, 2.24) is 10.2 Å². The lowest BCUT2D eigenvalue weighted by Crippen LogP contribution is -2.53. The maximum absolute atomic E-state index is 14.5. The molecule has 0 radical (unpaired) electrons. The summed E-state index contributed by atoms with van der Waals surface area (Å²) in [6.45, 7) is 7.84. The number of sulfonamides is 1. The van der Waals surface area contributed by atoms with Crippen LogP contribution in [0.2, 0.25) is 5.02 Å². The van der Waals surface area contributed by atoms with E-state index in [0.29, 0.717) is 17.3 Å². The number of benzene rings is 4. The maximum atomic E-state index is 14.5. The third-order valence-electron chi connectivity index (χ3n) is 7.75. The van der Waals surface area contributed by atoms with Crippen molar-refractivity contribution in [2.45, 2.75) is 58.0 Å². The summed E-state index contributed by atoms with van der Waals surface area (Å²) in [6, 6.07) is 27.5. The number of anilines is 1. The van der Waals surface area contributed by atoms with Gasteiger partial charge in [-0.2, -0.15) is 0 Å². The third-order valence-corrected chi connectivity index (χ3v) is 9.79. The van der Waals surface area contributed by atoms with E-state index in [2.05, 4.69) is 5.32 Å². The van der Waals surface area contributed by atoms with E-state index in [9.17, 15) is 18.0 Å². The standard InChI is InChI=1S/C36H40ClN3O4S/c1-5-21-38-36(42)34(23-29-9-7-6-8-10-29)39(24-30-14-11-26(2)12-15-30)35(41)25-40(32-18-13-27(3)28(4)22-32)45(43,44)33-19-16-31(37)17-20-33/h6-20,22,34H,5,21,23-25H2,1-4H3,(H,38,42)/t34-/m0/s1. The van der Waals surface area contributed by atoms with Gasteiger partial charge < -0.3 is 10.2 Å². The Morgan fingerprint density at radius 3 is 2.11 bits per heavy atom. The molecule has 0 saturated carbocycles. The highest BCUT2D eigenvalue weighted by atomic mass is 35.5. The van der Waals surface area contributed by atoms with E-state index in [1.165, 1.54) is 29.2 Å². The Morgan fingerprint density at radius 1 is 0.822 bits per heavy atom. The lowest BCUT2D eigenvalue weighted by Gasteiger charge is -2.34. The van der Waals surface area contributed by atoms with Gasteiger partial charge in [0.15, 0.2) is 0 Å². The predicted octanol–water partition coefficient (Wildman–Crippen LogP) is 6.63. The second-order valence-corrected chi connectivity index (χ2v) is 13.5. The first-order chi connectivity index (χ1) is 21.5. The number of nitrogens with zero attached hydrogens (tertiary/aromatic N) is 2. The van der Waals surface area contributed by atoms with Gasteiger partial charge in [-0.25, -0.2) is 8.42 Å². The van der Waals surface area contributed by atoms with Crippen molar-refractivity contribution in [3.05, 3.63) is 130 Å². The van der Waals surface area contributed by atoms with Crippen molar-refractivity contribution >= 4 is 39.1 Å². The number of halogens is 1. The number of hydrogen-bond acceptors (Lipinski definition) is 4. The summed E-state index contributed by atoms with van der Waals surface area (Å²) in [5.41, 5.74) is 5.00. The van der Waals surface area contributed by atoms with Crippen LogP contribution in [0.4, 0.5) is 5.69 Å². The van der Waals surface area contributed by atoms with Gasteiger partial charge in [-0.15, -0.1) is 0 Å². The van der Waals surface area contributed by atoms with E-state index in [-0.39, 0.29) is 23.8 Å². The van der Waals surface area contributed by atoms with Crippen LogP contribution in [-0.2, 0) is 32.6 Å². The van der Waals surface area contributed by atoms with Gasteiger partial charge in [0, 0.05) is 24.5 Å². The molecule has 0 aromatic heterocycles. The molecule has 4 aromatic rings. The van der Waals surface area contributed by atoms with Gasteiger partial charge in [-0.05, 0) is 85.8 Å². The largest absolute Gasteiger partial charge is 0.354 e. The number of nitrogens with one attached hydrogen (secondary N) is 1. The average molecular weight is 646 g/mol. The molecule has 1 atom stereocenters. The summed E-state index contributed by atoms with van der Waals surface area (Å²) < 4.78 is 29.4. The minimum Gasteiger partial charge on any atom is -0.354 e. The summed E-state index contributed by atoms with van der Waals surface area (Å²) >= 11 is 6.07. The highest BCUT2D eigenvalue weighted by Gasteiger charge is 2.34. The number of rotatable bonds is 13. The normalized spacial score (nSPS) is 11.9. The van der Waals surface area contributed by atoms with Gasteiger partial charge in [-0.1, -0.05) is 84.8 Å². The van der Waals surface area contributed by atoms with E-state index in [4.69, 9.17) is 11.6 Å². The summed E-state index contributed by atoms with van der Waals surface area (Å²) in [7, 11) is -4.20. The quantitative estimate of drug-likeness (QED) is 0.177. The molecule has 0 aliphatic rings. The smallest absolute Gasteiger partial charge is 0.264 e. The topological polar surface area (TPSA) is 86.8 Å². The first-order valence-corrected chi connectivity index (χ1v) is 16.8. The molecular weight excluding hydrogens is 606 g/mol. The van der Waals surface area contributed by atoms with E-state index in [1.54, 1.807) is 12.1 Å². The Hall–Kier alpha value is -4.14. The zero-order valence-electron chi connectivity index (χ0n) is 26.2. The van der Waals surface area contributed by atoms with Crippen LogP contribution in [-0.4, -0.2) is 44.3 Å². The SMILES string of the molecule is CCCNC(=O)[C@H](Cc1ccccc1)N(Cc1ccc(C)cc1)C(=O)CN(c1ccc(C)c(C)c1)S(=O)(=O)c1ccc(Cl)cc1. The first-order valence-electron chi connectivity index (χ1n) is 15.0. The molecule has 4 aromatic carbocycles. The van der Waals surface area contributed by atoms with Gasteiger partial charge in [0.2, 0.25) is 11.8 Å². The Balaban J connectivity index is 1.81. The Labute approximate surface area is 271 Å². The molecule has 236 valence electrons. The van der Waals surface area contributed by atoms with Crippen molar-refractivity contribution in [3.63, 3.8) is 0 Å². The lowest BCUT2D eigenvalue weighted by molar-refractivity contribution is -0.140. The highest BCUT2D eigenvalue weighted by Crippen LogP contribution is 2.27. The highest BCUT2D eigenvalue weighted by molar-refractivity contribution is 7.92. The molecule has 4 rings (SSSR count). The molecule has 2 amide bonds. The monoisotopic (exact) mass is 645 g/mol. The summed E-state index contributed by atoms with van der Waals surface area (Å²) in [6.07, 6.45) is 0.997. The van der Waals surface area contributed by atoms with Crippen molar-refractivity contribution in [2.75, 3.05) is 17.4 Å². The minimum absolute atomic E-state index is 0.00420. The van der Waals surface area contributed by atoms with E-state index < -0.39 is 28.5 Å². The number of carbonyl (C=O) groups is 2. The Bertz CT molecular complexity index is 1710. The summed E-state index contributed by atoms with van der Waals surface area (Å²) in [4.78, 5) is 29.8. The molecule has 0 aliphatic heterocycles. The van der Waals surface area contributed by atoms with Gasteiger partial charge in [0.25, 0.3) is 10.0 Å². The predicted molar refractivity (Wildman–Crippen MR) is 181 cm³/mol. The molecule has 9 heteroatoms. The molecule has 0 saturated heterocycles. The third kappa shape index (κ3) is 8.74. The minimum atomic E-state index is -4.20. The van der Waals surface area contributed by atoms with Crippen molar-refractivity contribution in [1.29, 1.82) is 0 Å². The maximum Gasteiger partial charge on any atom is 0.264 e. The van der Waals surface area contributed by atoms with Crippen LogP contribution in [0.1, 0.15) is 41.2 Å². The van der Waals surface area contributed by atoms with E-state index in [1.807, 2.05) is 88.4 Å². The molecule has 45 heavy (non-hydrogen) atoms. The van der Waals surface area contributed by atoms with E-state index >= 15 is 0 Å². The fourth-order valence-electron chi connectivity index (χ4n) is 4.95. The fraction of sp³-hybridized carbons (Fsp3) is 0.278. The van der Waals surface area contributed by atoms with Crippen LogP contribution in [0.3, 0.4) is 0 Å². The Kier molecular flexibility index (Phi) is 11.4. The Morgan fingerprint density at radius 2 is 1.49 bits per heavy atom. The second kappa shape index (κ2) is 15.2. The van der Waals surface area contributed by atoms with Crippen molar-refractivity contribution in [3.8, 4) is 0 Å². The van der Waals surface area contributed by atoms with Crippen LogP contribution < -0.4 is 9.62 Å². The molecule has 0 bridgehead atoms. The van der Waals surface area contributed by atoms with Crippen LogP contribution in [0, 0.1) is 20.8 Å². The molecule has 7 nitrogen and oxygen atoms in total. The van der Waals surface area contributed by atoms with E-state index in [0.717, 1.165) is 38.5 Å². The van der Waals surface area contributed by atoms with Crippen LogP contribution >= 0.6 is 11.6 Å². The number of aryl methyl sites for hydroxylation is 3. The first kappa shape index (κ1) is 33.7. The van der Waals surface area contributed by atoms with Gasteiger partial charge in [0.1, 0.15) is 12.6 Å². The molecule has 0 unspecified atom stereocenters. The number of amides is 2. The van der Waals surface area contributed by atoms with Crippen molar-refractivity contribution in [2.24, 2.45) is 0 Å². The molecule has 0 aliphatic carbocycles. The molecule has 1 N–H and O–H groups in total. The van der Waals surface area contributed by atoms with Gasteiger partial charge in [0.05, 0.1) is 10.6 Å². The van der Waals surface area contributed by atoms with Gasteiger partial charge >= 0.3 is 0 Å². The second-order valence-electron chi connectivity index (χ2n) is 11.2. The van der Waals surface area contributed by atoms with Crippen LogP contribution in [0.5, 0.6) is 0 Å². The molecule has 0 heterocycles. The number of hydrogen-bond donors (Lipinski definition) is 1. The molecule has 0 fully saturated rings. The number of carbonyl (C=O) groups excluding carboxylic acids is 2. The fourth-order valence-corrected chi connectivity index (χ4v) is 6.49.